The quantitative estimate of drug-likeness (QED) is 0.642. The van der Waals surface area contributed by atoms with E-state index in [1.807, 2.05) is 24.3 Å². The van der Waals surface area contributed by atoms with Crippen LogP contribution in [0.3, 0.4) is 0 Å². The van der Waals surface area contributed by atoms with Crippen LogP contribution in [0.2, 0.25) is 0 Å². The van der Waals surface area contributed by atoms with Crippen molar-refractivity contribution in [2.24, 2.45) is 0 Å². The second-order valence-corrected chi connectivity index (χ2v) is 2.61. The van der Waals surface area contributed by atoms with Gasteiger partial charge >= 0.3 is 0 Å². The van der Waals surface area contributed by atoms with Gasteiger partial charge in [0.25, 0.3) is 0 Å². The van der Waals surface area contributed by atoms with Gasteiger partial charge in [-0.3, -0.25) is 0 Å². The van der Waals surface area contributed by atoms with Crippen LogP contribution in [0.15, 0.2) is 30.3 Å². The molecular weight excluding hydrogens is 193 g/mol. The first-order valence-electron chi connectivity index (χ1n) is 3.42. The second-order valence-electron chi connectivity index (χ2n) is 1.86. The molecule has 1 aromatic rings. The van der Waals surface area contributed by atoms with E-state index in [4.69, 9.17) is 28.5 Å². The van der Waals surface area contributed by atoms with E-state index < -0.39 is 0 Å². The van der Waals surface area contributed by atoms with Crippen LogP contribution < -0.4 is 0 Å². The number of hydrogen-bond donors (Lipinski definition) is 0. The minimum Gasteiger partial charge on any atom is -0.192 e. The van der Waals surface area contributed by atoms with Gasteiger partial charge in [0, 0.05) is 11.8 Å². The lowest BCUT2D eigenvalue weighted by molar-refractivity contribution is 1.49. The monoisotopic (exact) mass is 201 g/mol. The maximum absolute atomic E-state index is 8.29. The molecule has 0 heterocycles. The summed E-state index contributed by atoms with van der Waals surface area (Å²) in [5.41, 5.74) is 0.715. The third-order valence-electron chi connectivity index (χ3n) is 0.974. The molecule has 1 nitrogen and oxygen atoms in total. The van der Waals surface area contributed by atoms with Crippen molar-refractivity contribution in [1.82, 2.24) is 0 Å². The summed E-state index contributed by atoms with van der Waals surface area (Å²) in [5, 5.41) is 8.29. The van der Waals surface area contributed by atoms with Gasteiger partial charge in [0.2, 0.25) is 0 Å². The van der Waals surface area contributed by atoms with E-state index in [1.54, 1.807) is 12.1 Å². The molecule has 0 aliphatic carbocycles. The summed E-state index contributed by atoms with van der Waals surface area (Å²) >= 11 is 10.1. The predicted molar refractivity (Wildman–Crippen MR) is 52.6 cm³/mol. The van der Waals surface area contributed by atoms with Gasteiger partial charge in [-0.15, -0.1) is 23.2 Å². The van der Waals surface area contributed by atoms with Crippen LogP contribution in [0.25, 0.3) is 0 Å². The Balaban J connectivity index is 0.000000261. The Kier molecular flexibility index (Phi) is 7.89. The number of halogens is 2. The Morgan fingerprint density at radius 3 is 1.83 bits per heavy atom. The minimum absolute atomic E-state index is 0.557. The van der Waals surface area contributed by atoms with Crippen molar-refractivity contribution >= 4 is 23.2 Å². The standard InChI is InChI=1S/C7H5N.C2H4Cl2/c8-6-7-4-2-1-3-5-7;3-1-2-4/h1-5H;1-2H2. The molecule has 0 N–H and O–H groups in total. The Labute approximate surface area is 82.5 Å². The third kappa shape index (κ3) is 6.03. The number of nitrogens with zero attached hydrogens (tertiary/aromatic N) is 1. The average molecular weight is 202 g/mol. The molecule has 0 spiro atoms. The largest absolute Gasteiger partial charge is 0.192 e. The zero-order valence-corrected chi connectivity index (χ0v) is 8.02. The van der Waals surface area contributed by atoms with Crippen LogP contribution in [0, 0.1) is 11.3 Å². The van der Waals surface area contributed by atoms with Gasteiger partial charge in [-0.25, -0.2) is 0 Å². The molecule has 0 aliphatic heterocycles. The Morgan fingerprint density at radius 1 is 1.08 bits per heavy atom. The molecule has 0 radical (unpaired) electrons. The zero-order valence-electron chi connectivity index (χ0n) is 6.50. The van der Waals surface area contributed by atoms with E-state index in [0.29, 0.717) is 17.3 Å². The van der Waals surface area contributed by atoms with Crippen LogP contribution >= 0.6 is 23.2 Å². The number of nitriles is 1. The fraction of sp³-hybridized carbons (Fsp3) is 0.222. The highest BCUT2D eigenvalue weighted by Crippen LogP contribution is 1.93. The van der Waals surface area contributed by atoms with E-state index in [-0.39, 0.29) is 0 Å². The summed E-state index contributed by atoms with van der Waals surface area (Å²) in [7, 11) is 0. The summed E-state index contributed by atoms with van der Waals surface area (Å²) in [6.45, 7) is 0. The van der Waals surface area contributed by atoms with Crippen molar-refractivity contribution in [1.29, 1.82) is 5.26 Å². The first kappa shape index (κ1) is 11.3. The van der Waals surface area contributed by atoms with E-state index in [2.05, 4.69) is 0 Å². The number of alkyl halides is 2. The molecule has 0 unspecified atom stereocenters. The fourth-order valence-electron chi connectivity index (χ4n) is 0.513. The van der Waals surface area contributed by atoms with Gasteiger partial charge in [-0.2, -0.15) is 5.26 Å². The lowest BCUT2D eigenvalue weighted by Crippen LogP contribution is -1.66. The topological polar surface area (TPSA) is 23.8 Å². The van der Waals surface area contributed by atoms with Gasteiger partial charge in [-0.05, 0) is 12.1 Å². The Morgan fingerprint density at radius 2 is 1.58 bits per heavy atom. The molecule has 1 rings (SSSR count). The smallest absolute Gasteiger partial charge is 0.0991 e. The summed E-state index contributed by atoms with van der Waals surface area (Å²) in [6, 6.07) is 11.2. The van der Waals surface area contributed by atoms with E-state index in [1.165, 1.54) is 0 Å². The molecule has 0 bridgehead atoms. The molecule has 0 fully saturated rings. The molecular formula is C9H9Cl2N. The second kappa shape index (κ2) is 8.39. The van der Waals surface area contributed by atoms with Gasteiger partial charge in [0.1, 0.15) is 0 Å². The maximum Gasteiger partial charge on any atom is 0.0991 e. The molecule has 0 atom stereocenters. The minimum atomic E-state index is 0.557. The van der Waals surface area contributed by atoms with Crippen LogP contribution in [-0.2, 0) is 0 Å². The van der Waals surface area contributed by atoms with Crippen LogP contribution in [0.1, 0.15) is 5.56 Å². The van der Waals surface area contributed by atoms with Crippen molar-refractivity contribution in [2.45, 2.75) is 0 Å². The van der Waals surface area contributed by atoms with Crippen LogP contribution in [-0.4, -0.2) is 11.8 Å². The predicted octanol–water partition coefficient (Wildman–Crippen LogP) is 3.02. The van der Waals surface area contributed by atoms with Gasteiger partial charge in [0.05, 0.1) is 11.6 Å². The Hall–Kier alpha value is -0.710. The molecule has 0 saturated heterocycles. The highest BCUT2D eigenvalue weighted by Gasteiger charge is 1.79. The molecule has 0 amide bonds. The van der Waals surface area contributed by atoms with Crippen molar-refractivity contribution in [3.8, 4) is 6.07 Å². The molecule has 0 saturated carbocycles. The Bertz CT molecular complexity index is 226. The highest BCUT2D eigenvalue weighted by atomic mass is 35.5. The van der Waals surface area contributed by atoms with Crippen LogP contribution in [0.5, 0.6) is 0 Å². The molecule has 0 aromatic heterocycles. The van der Waals surface area contributed by atoms with Crippen molar-refractivity contribution in [3.63, 3.8) is 0 Å². The van der Waals surface area contributed by atoms with Crippen molar-refractivity contribution < 1.29 is 0 Å². The van der Waals surface area contributed by atoms with Gasteiger partial charge in [0.15, 0.2) is 0 Å². The maximum atomic E-state index is 8.29. The molecule has 64 valence electrons. The first-order chi connectivity index (χ1) is 5.85. The summed E-state index contributed by atoms with van der Waals surface area (Å²) in [6.07, 6.45) is 0. The number of benzene rings is 1. The van der Waals surface area contributed by atoms with E-state index in [9.17, 15) is 0 Å². The first-order valence-corrected chi connectivity index (χ1v) is 4.49. The normalized spacial score (nSPS) is 7.75. The summed E-state index contributed by atoms with van der Waals surface area (Å²) < 4.78 is 0. The highest BCUT2D eigenvalue weighted by molar-refractivity contribution is 6.25. The van der Waals surface area contributed by atoms with E-state index in [0.717, 1.165) is 0 Å². The summed E-state index contributed by atoms with van der Waals surface area (Å²) in [4.78, 5) is 0. The molecule has 0 aliphatic rings. The van der Waals surface area contributed by atoms with Crippen LogP contribution in [0.4, 0.5) is 0 Å². The fourth-order valence-corrected chi connectivity index (χ4v) is 0.513. The van der Waals surface area contributed by atoms with Crippen molar-refractivity contribution in [3.05, 3.63) is 35.9 Å². The molecule has 3 heteroatoms. The lowest BCUT2D eigenvalue weighted by atomic mass is 10.2. The molecule has 1 aromatic carbocycles. The molecule has 12 heavy (non-hydrogen) atoms. The SMILES string of the molecule is ClCCCl.N#Cc1ccccc1. The zero-order chi connectivity index (χ0) is 9.23. The number of rotatable bonds is 1. The third-order valence-corrected chi connectivity index (χ3v) is 1.55. The summed E-state index contributed by atoms with van der Waals surface area (Å²) in [5.74, 6) is 1.11. The van der Waals surface area contributed by atoms with Gasteiger partial charge in [-0.1, -0.05) is 18.2 Å². The lowest BCUT2D eigenvalue weighted by Gasteiger charge is -1.80. The van der Waals surface area contributed by atoms with Gasteiger partial charge < -0.3 is 0 Å². The van der Waals surface area contributed by atoms with Crippen molar-refractivity contribution in [2.75, 3.05) is 11.8 Å². The van der Waals surface area contributed by atoms with E-state index >= 15 is 0 Å². The average Bonchev–Trinajstić information content (AvgIpc) is 2.19. The number of hydrogen-bond acceptors (Lipinski definition) is 1.